The molecular formula is C15H22N2O2. The van der Waals surface area contributed by atoms with Gasteiger partial charge in [0.1, 0.15) is 5.75 Å². The fourth-order valence-corrected chi connectivity index (χ4v) is 1.43. The predicted octanol–water partition coefficient (Wildman–Crippen LogP) is 2.80. The van der Waals surface area contributed by atoms with E-state index in [9.17, 15) is 5.11 Å². The van der Waals surface area contributed by atoms with E-state index >= 15 is 0 Å². The van der Waals surface area contributed by atoms with Crippen LogP contribution >= 0.6 is 0 Å². The minimum absolute atomic E-state index is 0.143. The Bertz CT molecular complexity index is 424. The van der Waals surface area contributed by atoms with E-state index in [0.29, 0.717) is 19.6 Å². The average Bonchev–Trinajstić information content (AvgIpc) is 2.42. The van der Waals surface area contributed by atoms with Crippen molar-refractivity contribution in [2.75, 3.05) is 25.1 Å². The van der Waals surface area contributed by atoms with Crippen molar-refractivity contribution < 1.29 is 9.84 Å². The van der Waals surface area contributed by atoms with E-state index in [0.717, 1.165) is 17.9 Å². The van der Waals surface area contributed by atoms with Crippen molar-refractivity contribution >= 4 is 5.69 Å². The van der Waals surface area contributed by atoms with Crippen LogP contribution < -0.4 is 10.1 Å². The van der Waals surface area contributed by atoms with Crippen molar-refractivity contribution in [2.45, 2.75) is 26.7 Å². The molecule has 0 aliphatic carbocycles. The summed E-state index contributed by atoms with van der Waals surface area (Å²) in [5.41, 5.74) is 0.822. The van der Waals surface area contributed by atoms with Crippen LogP contribution in [-0.4, -0.2) is 24.9 Å². The van der Waals surface area contributed by atoms with Crippen molar-refractivity contribution in [1.82, 2.24) is 0 Å². The molecule has 104 valence electrons. The number of hydrogen-bond donors (Lipinski definition) is 2. The molecule has 0 fully saturated rings. The summed E-state index contributed by atoms with van der Waals surface area (Å²) in [5, 5.41) is 20.9. The number of nitrogens with zero attached hydrogens (tertiary/aromatic N) is 1. The van der Waals surface area contributed by atoms with Crippen LogP contribution in [0.25, 0.3) is 0 Å². The van der Waals surface area contributed by atoms with E-state index in [1.807, 2.05) is 38.1 Å². The molecule has 0 atom stereocenters. The second-order valence-corrected chi connectivity index (χ2v) is 5.31. The topological polar surface area (TPSA) is 65.3 Å². The van der Waals surface area contributed by atoms with Gasteiger partial charge >= 0.3 is 0 Å². The smallest absolute Gasteiger partial charge is 0.121 e. The Kier molecular flexibility index (Phi) is 6.17. The maximum Gasteiger partial charge on any atom is 0.121 e. The van der Waals surface area contributed by atoms with Gasteiger partial charge < -0.3 is 15.2 Å². The molecule has 0 heterocycles. The Balaban J connectivity index is 2.46. The van der Waals surface area contributed by atoms with Gasteiger partial charge in [0.25, 0.3) is 0 Å². The summed E-state index contributed by atoms with van der Waals surface area (Å²) in [4.78, 5) is 0. The summed E-state index contributed by atoms with van der Waals surface area (Å²) in [5.74, 6) is 0.796. The lowest BCUT2D eigenvalue weighted by Crippen LogP contribution is -2.26. The first-order chi connectivity index (χ1) is 9.07. The molecule has 4 nitrogen and oxygen atoms in total. The summed E-state index contributed by atoms with van der Waals surface area (Å²) >= 11 is 0. The van der Waals surface area contributed by atoms with Gasteiger partial charge in [0.2, 0.25) is 0 Å². The normalized spacial score (nSPS) is 10.8. The number of aliphatic hydroxyl groups excluding tert-OH is 1. The largest absolute Gasteiger partial charge is 0.493 e. The van der Waals surface area contributed by atoms with Gasteiger partial charge in [-0.25, -0.2) is 0 Å². The minimum atomic E-state index is -0.149. The first-order valence-electron chi connectivity index (χ1n) is 6.52. The van der Waals surface area contributed by atoms with E-state index in [2.05, 4.69) is 11.4 Å². The van der Waals surface area contributed by atoms with Crippen molar-refractivity contribution in [3.8, 4) is 11.8 Å². The third-order valence-corrected chi connectivity index (χ3v) is 2.73. The highest BCUT2D eigenvalue weighted by Gasteiger charge is 2.15. The minimum Gasteiger partial charge on any atom is -0.493 e. The second-order valence-electron chi connectivity index (χ2n) is 5.31. The second kappa shape index (κ2) is 7.65. The van der Waals surface area contributed by atoms with Crippen LogP contribution in [-0.2, 0) is 0 Å². The van der Waals surface area contributed by atoms with Crippen LogP contribution in [0.4, 0.5) is 5.69 Å². The van der Waals surface area contributed by atoms with Gasteiger partial charge in [-0.1, -0.05) is 19.9 Å². The van der Waals surface area contributed by atoms with E-state index in [1.54, 1.807) is 0 Å². The number of ether oxygens (including phenoxy) is 1. The summed E-state index contributed by atoms with van der Waals surface area (Å²) in [6.45, 7) is 5.40. The van der Waals surface area contributed by atoms with Gasteiger partial charge in [-0.15, -0.1) is 0 Å². The zero-order valence-corrected chi connectivity index (χ0v) is 11.6. The Labute approximate surface area is 115 Å². The molecule has 0 spiro atoms. The van der Waals surface area contributed by atoms with Crippen molar-refractivity contribution in [2.24, 2.45) is 5.41 Å². The fraction of sp³-hybridized carbons (Fsp3) is 0.533. The van der Waals surface area contributed by atoms with Gasteiger partial charge in [0, 0.05) is 36.7 Å². The third kappa shape index (κ3) is 6.12. The number of nitrogens with one attached hydrogen (secondary N) is 1. The average molecular weight is 262 g/mol. The lowest BCUT2D eigenvalue weighted by molar-refractivity contribution is 0.171. The zero-order valence-electron chi connectivity index (χ0n) is 11.6. The predicted molar refractivity (Wildman–Crippen MR) is 76.1 cm³/mol. The lowest BCUT2D eigenvalue weighted by atomic mass is 9.95. The standard InChI is InChI=1S/C15H22N2O2/c1-15(2,12-18)11-17-13-6-5-7-14(10-13)19-9-4-3-8-16/h5-7,10,17-18H,3-4,9,11-12H2,1-2H3. The van der Waals surface area contributed by atoms with Gasteiger partial charge in [-0.05, 0) is 18.6 Å². The highest BCUT2D eigenvalue weighted by Crippen LogP contribution is 2.20. The highest BCUT2D eigenvalue weighted by molar-refractivity contribution is 5.48. The molecule has 0 aliphatic heterocycles. The molecule has 0 amide bonds. The molecule has 2 N–H and O–H groups in total. The monoisotopic (exact) mass is 262 g/mol. The maximum atomic E-state index is 9.20. The number of hydrogen-bond acceptors (Lipinski definition) is 4. The first-order valence-corrected chi connectivity index (χ1v) is 6.52. The highest BCUT2D eigenvalue weighted by atomic mass is 16.5. The number of benzene rings is 1. The van der Waals surface area contributed by atoms with Gasteiger partial charge in [-0.3, -0.25) is 0 Å². The quantitative estimate of drug-likeness (QED) is 0.707. The van der Waals surface area contributed by atoms with Crippen LogP contribution in [0.5, 0.6) is 5.75 Å². The Morgan fingerprint density at radius 3 is 2.89 bits per heavy atom. The molecule has 1 aromatic rings. The molecule has 19 heavy (non-hydrogen) atoms. The zero-order chi connectivity index (χ0) is 14.1. The molecule has 1 aromatic carbocycles. The van der Waals surface area contributed by atoms with Gasteiger partial charge in [-0.2, -0.15) is 5.26 Å². The Morgan fingerprint density at radius 2 is 2.21 bits per heavy atom. The van der Waals surface area contributed by atoms with E-state index < -0.39 is 0 Å². The fourth-order valence-electron chi connectivity index (χ4n) is 1.43. The van der Waals surface area contributed by atoms with E-state index in [-0.39, 0.29) is 12.0 Å². The molecule has 0 bridgehead atoms. The SMILES string of the molecule is CC(C)(CO)CNc1cccc(OCCCC#N)c1. The van der Waals surface area contributed by atoms with Crippen LogP contribution in [0, 0.1) is 16.7 Å². The van der Waals surface area contributed by atoms with Crippen LogP contribution in [0.3, 0.4) is 0 Å². The summed E-state index contributed by atoms with van der Waals surface area (Å²) < 4.78 is 5.57. The van der Waals surface area contributed by atoms with Gasteiger partial charge in [0.05, 0.1) is 12.7 Å². The molecular weight excluding hydrogens is 240 g/mol. The van der Waals surface area contributed by atoms with Crippen molar-refractivity contribution in [1.29, 1.82) is 5.26 Å². The third-order valence-electron chi connectivity index (χ3n) is 2.73. The molecule has 4 heteroatoms. The molecule has 0 saturated carbocycles. The molecule has 0 saturated heterocycles. The molecule has 0 radical (unpaired) electrons. The Morgan fingerprint density at radius 1 is 1.42 bits per heavy atom. The van der Waals surface area contributed by atoms with Crippen molar-refractivity contribution in [3.05, 3.63) is 24.3 Å². The molecule has 0 aromatic heterocycles. The van der Waals surface area contributed by atoms with E-state index in [4.69, 9.17) is 10.00 Å². The number of aliphatic hydroxyl groups is 1. The first kappa shape index (κ1) is 15.3. The maximum absolute atomic E-state index is 9.20. The summed E-state index contributed by atoms with van der Waals surface area (Å²) in [6, 6.07) is 9.81. The molecule has 1 rings (SSSR count). The van der Waals surface area contributed by atoms with Crippen LogP contribution in [0.1, 0.15) is 26.7 Å². The number of nitriles is 1. The number of unbranched alkanes of at least 4 members (excludes halogenated alkanes) is 1. The van der Waals surface area contributed by atoms with Crippen molar-refractivity contribution in [3.63, 3.8) is 0 Å². The lowest BCUT2D eigenvalue weighted by Gasteiger charge is -2.22. The Hall–Kier alpha value is -1.73. The molecule has 0 aliphatic rings. The van der Waals surface area contributed by atoms with Crippen LogP contribution in [0.2, 0.25) is 0 Å². The summed E-state index contributed by atoms with van der Waals surface area (Å²) in [7, 11) is 0. The summed E-state index contributed by atoms with van der Waals surface area (Å²) in [6.07, 6.45) is 1.26. The van der Waals surface area contributed by atoms with Crippen LogP contribution in [0.15, 0.2) is 24.3 Å². The van der Waals surface area contributed by atoms with Gasteiger partial charge in [0.15, 0.2) is 0 Å². The number of anilines is 1. The van der Waals surface area contributed by atoms with E-state index in [1.165, 1.54) is 0 Å². The number of rotatable bonds is 8. The molecule has 0 unspecified atom stereocenters.